The van der Waals surface area contributed by atoms with Crippen LogP contribution in [0.25, 0.3) is 0 Å². The molecule has 0 spiro atoms. The molecule has 2 aromatic carbocycles. The summed E-state index contributed by atoms with van der Waals surface area (Å²) >= 11 is 0. The molecule has 5 heteroatoms. The van der Waals surface area contributed by atoms with Crippen molar-refractivity contribution in [2.45, 2.75) is 32.7 Å². The summed E-state index contributed by atoms with van der Waals surface area (Å²) in [5.41, 5.74) is 1.75. The highest BCUT2D eigenvalue weighted by molar-refractivity contribution is 5.67. The summed E-state index contributed by atoms with van der Waals surface area (Å²) in [5, 5.41) is 0. The molecule has 0 N–H and O–H groups in total. The van der Waals surface area contributed by atoms with Gasteiger partial charge in [-0.25, -0.2) is 0 Å². The second kappa shape index (κ2) is 9.59. The van der Waals surface area contributed by atoms with Crippen LogP contribution in [0, 0.1) is 0 Å². The van der Waals surface area contributed by atoms with E-state index in [1.165, 1.54) is 13.8 Å². The van der Waals surface area contributed by atoms with E-state index in [4.69, 9.17) is 14.2 Å². The van der Waals surface area contributed by atoms with Gasteiger partial charge in [0.25, 0.3) is 0 Å². The third-order valence-electron chi connectivity index (χ3n) is 3.47. The van der Waals surface area contributed by atoms with Crippen molar-refractivity contribution >= 4 is 11.9 Å². The second-order valence-corrected chi connectivity index (χ2v) is 5.59. The lowest BCUT2D eigenvalue weighted by Gasteiger charge is -2.26. The Hall–Kier alpha value is -2.66. The molecule has 2 atom stereocenters. The molecule has 0 saturated heterocycles. The Balaban J connectivity index is 2.11. The largest absolute Gasteiger partial charge is 0.456 e. The Kier molecular flexibility index (Phi) is 7.16. The third kappa shape index (κ3) is 6.39. The van der Waals surface area contributed by atoms with Crippen molar-refractivity contribution in [3.05, 3.63) is 71.8 Å². The standard InChI is InChI=1S/C20H22O5/c1-15(21)24-19(14-23-13-17-9-5-3-6-10-17)20(25-16(2)22)18-11-7-4-8-12-18/h3-12,19-20H,13-14H2,1-2H3/t19-,20+/m1/s1. The van der Waals surface area contributed by atoms with Gasteiger partial charge in [-0.3, -0.25) is 9.59 Å². The molecule has 0 fully saturated rings. The lowest BCUT2D eigenvalue weighted by atomic mass is 10.0. The maximum atomic E-state index is 11.5. The number of esters is 2. The van der Waals surface area contributed by atoms with Crippen LogP contribution < -0.4 is 0 Å². The fraction of sp³-hybridized carbons (Fsp3) is 0.300. The van der Waals surface area contributed by atoms with E-state index >= 15 is 0 Å². The van der Waals surface area contributed by atoms with Crippen LogP contribution in [0.2, 0.25) is 0 Å². The van der Waals surface area contributed by atoms with E-state index in [0.717, 1.165) is 11.1 Å². The summed E-state index contributed by atoms with van der Waals surface area (Å²) in [4.78, 5) is 23.0. The lowest BCUT2D eigenvalue weighted by molar-refractivity contribution is -0.171. The van der Waals surface area contributed by atoms with E-state index in [0.29, 0.717) is 6.61 Å². The van der Waals surface area contributed by atoms with Crippen molar-refractivity contribution in [3.8, 4) is 0 Å². The molecule has 0 aliphatic carbocycles. The van der Waals surface area contributed by atoms with Gasteiger partial charge in [0.1, 0.15) is 0 Å². The van der Waals surface area contributed by atoms with E-state index < -0.39 is 24.1 Å². The van der Waals surface area contributed by atoms with Crippen molar-refractivity contribution in [1.82, 2.24) is 0 Å². The summed E-state index contributed by atoms with van der Waals surface area (Å²) < 4.78 is 16.5. The van der Waals surface area contributed by atoms with Crippen LogP contribution in [-0.4, -0.2) is 24.6 Å². The van der Waals surface area contributed by atoms with Crippen LogP contribution in [0.5, 0.6) is 0 Å². The summed E-state index contributed by atoms with van der Waals surface area (Å²) in [6.45, 7) is 3.13. The van der Waals surface area contributed by atoms with Crippen molar-refractivity contribution in [1.29, 1.82) is 0 Å². The van der Waals surface area contributed by atoms with Crippen LogP contribution >= 0.6 is 0 Å². The van der Waals surface area contributed by atoms with E-state index in [1.54, 1.807) is 0 Å². The normalized spacial score (nSPS) is 12.9. The first kappa shape index (κ1) is 18.7. The Bertz CT molecular complexity index is 669. The average Bonchev–Trinajstić information content (AvgIpc) is 2.60. The molecule has 0 saturated carbocycles. The van der Waals surface area contributed by atoms with Gasteiger partial charge in [-0.15, -0.1) is 0 Å². The number of hydrogen-bond donors (Lipinski definition) is 0. The molecule has 2 rings (SSSR count). The highest BCUT2D eigenvalue weighted by atomic mass is 16.6. The monoisotopic (exact) mass is 342 g/mol. The molecular formula is C20H22O5. The lowest BCUT2D eigenvalue weighted by Crippen LogP contribution is -2.32. The molecule has 132 valence electrons. The minimum Gasteiger partial charge on any atom is -0.456 e. The van der Waals surface area contributed by atoms with Crippen LogP contribution in [-0.2, 0) is 30.4 Å². The predicted molar refractivity (Wildman–Crippen MR) is 92.6 cm³/mol. The zero-order valence-electron chi connectivity index (χ0n) is 14.4. The van der Waals surface area contributed by atoms with Gasteiger partial charge < -0.3 is 14.2 Å². The number of ether oxygens (including phenoxy) is 3. The summed E-state index contributed by atoms with van der Waals surface area (Å²) in [6.07, 6.45) is -1.45. The zero-order valence-corrected chi connectivity index (χ0v) is 14.4. The first-order valence-corrected chi connectivity index (χ1v) is 8.07. The van der Waals surface area contributed by atoms with Gasteiger partial charge in [0.15, 0.2) is 12.2 Å². The summed E-state index contributed by atoms with van der Waals surface area (Å²) in [5.74, 6) is -0.907. The predicted octanol–water partition coefficient (Wildman–Crippen LogP) is 3.44. The van der Waals surface area contributed by atoms with Crippen molar-refractivity contribution in [2.75, 3.05) is 6.61 Å². The molecule has 0 aliphatic heterocycles. The Morgan fingerprint density at radius 3 is 1.96 bits per heavy atom. The van der Waals surface area contributed by atoms with Gasteiger partial charge in [-0.1, -0.05) is 60.7 Å². The molecule has 2 aromatic rings. The minimum atomic E-state index is -0.729. The maximum absolute atomic E-state index is 11.5. The summed E-state index contributed by atoms with van der Waals surface area (Å²) in [7, 11) is 0. The van der Waals surface area contributed by atoms with Crippen LogP contribution in [0.3, 0.4) is 0 Å². The second-order valence-electron chi connectivity index (χ2n) is 5.59. The van der Waals surface area contributed by atoms with E-state index in [-0.39, 0.29) is 6.61 Å². The summed E-state index contributed by atoms with van der Waals surface area (Å²) in [6, 6.07) is 18.8. The van der Waals surface area contributed by atoms with Crippen molar-refractivity contribution in [3.63, 3.8) is 0 Å². The van der Waals surface area contributed by atoms with Crippen molar-refractivity contribution < 1.29 is 23.8 Å². The average molecular weight is 342 g/mol. The Morgan fingerprint density at radius 2 is 1.40 bits per heavy atom. The number of rotatable bonds is 8. The van der Waals surface area contributed by atoms with Crippen LogP contribution in [0.15, 0.2) is 60.7 Å². The Morgan fingerprint density at radius 1 is 0.840 bits per heavy atom. The SMILES string of the molecule is CC(=O)O[C@H](COCc1ccccc1)[C@@H](OC(C)=O)c1ccccc1. The molecule has 0 aromatic heterocycles. The van der Waals surface area contributed by atoms with Gasteiger partial charge in [-0.05, 0) is 11.1 Å². The quantitative estimate of drug-likeness (QED) is 0.688. The number of carbonyl (C=O) groups is 2. The number of carbonyl (C=O) groups excluding carboxylic acids is 2. The fourth-order valence-corrected chi connectivity index (χ4v) is 2.44. The Labute approximate surface area is 147 Å². The first-order valence-electron chi connectivity index (χ1n) is 8.07. The molecule has 0 amide bonds. The van der Waals surface area contributed by atoms with Crippen LogP contribution in [0.1, 0.15) is 31.1 Å². The number of hydrogen-bond acceptors (Lipinski definition) is 5. The van der Waals surface area contributed by atoms with E-state index in [2.05, 4.69) is 0 Å². The first-order chi connectivity index (χ1) is 12.1. The molecule has 0 bridgehead atoms. The van der Waals surface area contributed by atoms with Gasteiger partial charge in [0.2, 0.25) is 0 Å². The minimum absolute atomic E-state index is 0.112. The molecule has 0 heterocycles. The number of benzene rings is 2. The maximum Gasteiger partial charge on any atom is 0.303 e. The molecule has 0 radical (unpaired) electrons. The highest BCUT2D eigenvalue weighted by Crippen LogP contribution is 2.24. The molecule has 25 heavy (non-hydrogen) atoms. The van der Waals surface area contributed by atoms with Crippen LogP contribution in [0.4, 0.5) is 0 Å². The molecule has 0 unspecified atom stereocenters. The molecule has 5 nitrogen and oxygen atoms in total. The molecular weight excluding hydrogens is 320 g/mol. The van der Waals surface area contributed by atoms with Gasteiger partial charge in [0.05, 0.1) is 13.2 Å². The highest BCUT2D eigenvalue weighted by Gasteiger charge is 2.29. The van der Waals surface area contributed by atoms with Crippen molar-refractivity contribution in [2.24, 2.45) is 0 Å². The van der Waals surface area contributed by atoms with E-state index in [1.807, 2.05) is 60.7 Å². The van der Waals surface area contributed by atoms with Gasteiger partial charge in [0, 0.05) is 13.8 Å². The zero-order chi connectivity index (χ0) is 18.1. The smallest absolute Gasteiger partial charge is 0.303 e. The topological polar surface area (TPSA) is 61.8 Å². The van der Waals surface area contributed by atoms with Gasteiger partial charge in [-0.2, -0.15) is 0 Å². The van der Waals surface area contributed by atoms with E-state index in [9.17, 15) is 9.59 Å². The molecule has 0 aliphatic rings. The fourth-order valence-electron chi connectivity index (χ4n) is 2.44. The third-order valence-corrected chi connectivity index (χ3v) is 3.47. The van der Waals surface area contributed by atoms with Gasteiger partial charge >= 0.3 is 11.9 Å².